The first-order valence-electron chi connectivity index (χ1n) is 6.52. The lowest BCUT2D eigenvalue weighted by Gasteiger charge is -2.42. The average molecular weight is 208 g/mol. The third-order valence-electron chi connectivity index (χ3n) is 4.66. The SMILES string of the molecule is CC1CCC(C2(O)C=CCCC2)CC1C. The van der Waals surface area contributed by atoms with Gasteiger partial charge in [-0.2, -0.15) is 0 Å². The molecule has 1 saturated carbocycles. The number of allylic oxidation sites excluding steroid dienone is 1. The third-order valence-corrected chi connectivity index (χ3v) is 4.66. The summed E-state index contributed by atoms with van der Waals surface area (Å²) >= 11 is 0. The highest BCUT2D eigenvalue weighted by Gasteiger charge is 2.38. The van der Waals surface area contributed by atoms with Crippen molar-refractivity contribution in [3.8, 4) is 0 Å². The molecule has 0 aromatic rings. The van der Waals surface area contributed by atoms with Crippen LogP contribution in [-0.2, 0) is 0 Å². The number of hydrogen-bond acceptors (Lipinski definition) is 1. The molecule has 2 aliphatic rings. The minimum absolute atomic E-state index is 0.466. The molecule has 4 atom stereocenters. The first-order chi connectivity index (χ1) is 7.12. The van der Waals surface area contributed by atoms with E-state index in [1.165, 1.54) is 19.3 Å². The van der Waals surface area contributed by atoms with Crippen molar-refractivity contribution in [1.29, 1.82) is 0 Å². The second-order valence-corrected chi connectivity index (χ2v) is 5.75. The lowest BCUT2D eigenvalue weighted by Crippen LogP contribution is -2.41. The highest BCUT2D eigenvalue weighted by molar-refractivity contribution is 5.08. The quantitative estimate of drug-likeness (QED) is 0.654. The fourth-order valence-corrected chi connectivity index (χ4v) is 3.22. The van der Waals surface area contributed by atoms with Gasteiger partial charge in [0.1, 0.15) is 0 Å². The van der Waals surface area contributed by atoms with Crippen LogP contribution >= 0.6 is 0 Å². The summed E-state index contributed by atoms with van der Waals surface area (Å²) in [5.41, 5.74) is -0.466. The van der Waals surface area contributed by atoms with Gasteiger partial charge in [-0.05, 0) is 49.9 Å². The monoisotopic (exact) mass is 208 g/mol. The molecule has 0 heterocycles. The molecule has 0 aliphatic heterocycles. The van der Waals surface area contributed by atoms with E-state index in [0.717, 1.165) is 31.1 Å². The molecule has 2 rings (SSSR count). The molecule has 4 unspecified atom stereocenters. The predicted molar refractivity (Wildman–Crippen MR) is 63.6 cm³/mol. The molecule has 0 amide bonds. The summed E-state index contributed by atoms with van der Waals surface area (Å²) < 4.78 is 0. The van der Waals surface area contributed by atoms with Crippen LogP contribution in [0.4, 0.5) is 0 Å². The van der Waals surface area contributed by atoms with E-state index in [4.69, 9.17) is 0 Å². The van der Waals surface area contributed by atoms with E-state index in [1.807, 2.05) is 0 Å². The van der Waals surface area contributed by atoms with Gasteiger partial charge in [0.25, 0.3) is 0 Å². The smallest absolute Gasteiger partial charge is 0.0855 e. The van der Waals surface area contributed by atoms with Gasteiger partial charge in [0.05, 0.1) is 5.60 Å². The van der Waals surface area contributed by atoms with Crippen LogP contribution in [0, 0.1) is 17.8 Å². The summed E-state index contributed by atoms with van der Waals surface area (Å²) in [6, 6.07) is 0. The van der Waals surface area contributed by atoms with E-state index in [1.54, 1.807) is 0 Å². The van der Waals surface area contributed by atoms with Crippen molar-refractivity contribution < 1.29 is 5.11 Å². The Morgan fingerprint density at radius 2 is 2.00 bits per heavy atom. The third kappa shape index (κ3) is 2.28. The number of aliphatic hydroxyl groups is 1. The molecule has 1 heteroatoms. The van der Waals surface area contributed by atoms with Gasteiger partial charge in [-0.25, -0.2) is 0 Å². The Balaban J connectivity index is 2.04. The summed E-state index contributed by atoms with van der Waals surface area (Å²) in [5, 5.41) is 10.6. The lowest BCUT2D eigenvalue weighted by molar-refractivity contribution is -0.0182. The Morgan fingerprint density at radius 1 is 1.20 bits per heavy atom. The minimum atomic E-state index is -0.466. The summed E-state index contributed by atoms with van der Waals surface area (Å²) in [6.45, 7) is 4.69. The van der Waals surface area contributed by atoms with E-state index >= 15 is 0 Å². The molecule has 0 aromatic heterocycles. The van der Waals surface area contributed by atoms with Gasteiger partial charge in [0.15, 0.2) is 0 Å². The summed E-state index contributed by atoms with van der Waals surface area (Å²) in [5.74, 6) is 2.14. The van der Waals surface area contributed by atoms with Crippen LogP contribution < -0.4 is 0 Å². The van der Waals surface area contributed by atoms with E-state index in [-0.39, 0.29) is 0 Å². The molecular formula is C14H24O. The van der Waals surface area contributed by atoms with Crippen LogP contribution in [0.1, 0.15) is 52.4 Å². The van der Waals surface area contributed by atoms with Gasteiger partial charge < -0.3 is 5.11 Å². The summed E-state index contributed by atoms with van der Waals surface area (Å²) in [4.78, 5) is 0. The van der Waals surface area contributed by atoms with Crippen LogP contribution in [0.2, 0.25) is 0 Å². The Labute approximate surface area is 93.6 Å². The van der Waals surface area contributed by atoms with Crippen molar-refractivity contribution in [1.82, 2.24) is 0 Å². The molecule has 0 bridgehead atoms. The maximum absolute atomic E-state index is 10.6. The molecule has 0 spiro atoms. The van der Waals surface area contributed by atoms with Crippen LogP contribution in [-0.4, -0.2) is 10.7 Å². The lowest BCUT2D eigenvalue weighted by atomic mass is 9.67. The van der Waals surface area contributed by atoms with E-state index in [2.05, 4.69) is 26.0 Å². The molecule has 1 nitrogen and oxygen atoms in total. The van der Waals surface area contributed by atoms with Crippen molar-refractivity contribution in [2.75, 3.05) is 0 Å². The van der Waals surface area contributed by atoms with Crippen molar-refractivity contribution in [3.05, 3.63) is 12.2 Å². The van der Waals surface area contributed by atoms with E-state index in [0.29, 0.717) is 5.92 Å². The number of hydrogen-bond donors (Lipinski definition) is 1. The molecule has 1 fully saturated rings. The molecule has 1 N–H and O–H groups in total. The van der Waals surface area contributed by atoms with Crippen molar-refractivity contribution in [2.24, 2.45) is 17.8 Å². The Morgan fingerprint density at radius 3 is 2.60 bits per heavy atom. The van der Waals surface area contributed by atoms with E-state index in [9.17, 15) is 5.11 Å². The zero-order valence-electron chi connectivity index (χ0n) is 10.1. The van der Waals surface area contributed by atoms with Crippen LogP contribution in [0.25, 0.3) is 0 Å². The van der Waals surface area contributed by atoms with Crippen molar-refractivity contribution in [2.45, 2.75) is 58.0 Å². The van der Waals surface area contributed by atoms with Gasteiger partial charge >= 0.3 is 0 Å². The second kappa shape index (κ2) is 4.29. The van der Waals surface area contributed by atoms with E-state index < -0.39 is 5.60 Å². The minimum Gasteiger partial charge on any atom is -0.386 e. The van der Waals surface area contributed by atoms with Crippen molar-refractivity contribution in [3.63, 3.8) is 0 Å². The van der Waals surface area contributed by atoms with Crippen molar-refractivity contribution >= 4 is 0 Å². The van der Waals surface area contributed by atoms with Gasteiger partial charge in [-0.15, -0.1) is 0 Å². The molecule has 86 valence electrons. The molecule has 0 aromatic carbocycles. The first kappa shape index (κ1) is 11.2. The highest BCUT2D eigenvalue weighted by Crippen LogP contribution is 2.42. The maximum Gasteiger partial charge on any atom is 0.0855 e. The zero-order chi connectivity index (χ0) is 10.9. The Kier molecular flexibility index (Phi) is 3.20. The van der Waals surface area contributed by atoms with Gasteiger partial charge in [0, 0.05) is 0 Å². The average Bonchev–Trinajstić information content (AvgIpc) is 2.23. The molecule has 15 heavy (non-hydrogen) atoms. The predicted octanol–water partition coefficient (Wildman–Crippen LogP) is 3.53. The fraction of sp³-hybridized carbons (Fsp3) is 0.857. The maximum atomic E-state index is 10.6. The molecule has 0 saturated heterocycles. The number of rotatable bonds is 1. The summed E-state index contributed by atoms with van der Waals surface area (Å²) in [7, 11) is 0. The van der Waals surface area contributed by atoms with Crippen LogP contribution in [0.3, 0.4) is 0 Å². The normalized spacial score (nSPS) is 46.7. The van der Waals surface area contributed by atoms with Crippen LogP contribution in [0.15, 0.2) is 12.2 Å². The molecule has 0 radical (unpaired) electrons. The fourth-order valence-electron chi connectivity index (χ4n) is 3.22. The standard InChI is InChI=1S/C14H24O/c1-11-6-7-13(10-12(11)2)14(15)8-4-3-5-9-14/h4,8,11-13,15H,3,5-7,9-10H2,1-2H3. The Bertz CT molecular complexity index is 246. The topological polar surface area (TPSA) is 20.2 Å². The van der Waals surface area contributed by atoms with Gasteiger partial charge in [-0.1, -0.05) is 32.4 Å². The van der Waals surface area contributed by atoms with Gasteiger partial charge in [-0.3, -0.25) is 0 Å². The Hall–Kier alpha value is -0.300. The first-order valence-corrected chi connectivity index (χ1v) is 6.52. The molecular weight excluding hydrogens is 184 g/mol. The second-order valence-electron chi connectivity index (χ2n) is 5.75. The van der Waals surface area contributed by atoms with Crippen LogP contribution in [0.5, 0.6) is 0 Å². The van der Waals surface area contributed by atoms with Gasteiger partial charge in [0.2, 0.25) is 0 Å². The largest absolute Gasteiger partial charge is 0.386 e. The summed E-state index contributed by atoms with van der Waals surface area (Å²) in [6.07, 6.45) is 11.3. The highest BCUT2D eigenvalue weighted by atomic mass is 16.3. The molecule has 2 aliphatic carbocycles. The zero-order valence-corrected chi connectivity index (χ0v) is 10.1.